The van der Waals surface area contributed by atoms with Crippen LogP contribution >= 0.6 is 11.3 Å². The van der Waals surface area contributed by atoms with E-state index in [1.54, 1.807) is 23.5 Å². The maximum absolute atomic E-state index is 12.7. The first kappa shape index (κ1) is 11.2. The zero-order valence-electron chi connectivity index (χ0n) is 8.98. The predicted molar refractivity (Wildman–Crippen MR) is 63.9 cm³/mol. The SMILES string of the molecule is CC(N)c1csc(Cc2ccc(F)cc2)n1. The normalized spacial score (nSPS) is 12.7. The molecule has 4 heteroatoms. The van der Waals surface area contributed by atoms with Crippen LogP contribution < -0.4 is 5.73 Å². The van der Waals surface area contributed by atoms with Crippen LogP contribution in [0.5, 0.6) is 0 Å². The Morgan fingerprint density at radius 1 is 1.38 bits per heavy atom. The molecule has 1 atom stereocenters. The highest BCUT2D eigenvalue weighted by Crippen LogP contribution is 2.18. The average Bonchev–Trinajstić information content (AvgIpc) is 2.70. The van der Waals surface area contributed by atoms with E-state index in [-0.39, 0.29) is 11.9 Å². The van der Waals surface area contributed by atoms with E-state index in [4.69, 9.17) is 5.73 Å². The van der Waals surface area contributed by atoms with Gasteiger partial charge >= 0.3 is 0 Å². The van der Waals surface area contributed by atoms with Gasteiger partial charge in [0.15, 0.2) is 0 Å². The van der Waals surface area contributed by atoms with Crippen molar-refractivity contribution >= 4 is 11.3 Å². The second-order valence-corrected chi connectivity index (χ2v) is 4.70. The lowest BCUT2D eigenvalue weighted by atomic mass is 10.1. The van der Waals surface area contributed by atoms with Gasteiger partial charge in [-0.2, -0.15) is 0 Å². The van der Waals surface area contributed by atoms with Crippen LogP contribution in [0.25, 0.3) is 0 Å². The number of hydrogen-bond donors (Lipinski definition) is 1. The van der Waals surface area contributed by atoms with Crippen molar-refractivity contribution in [2.75, 3.05) is 0 Å². The molecular formula is C12H13FN2S. The van der Waals surface area contributed by atoms with Crippen molar-refractivity contribution in [2.45, 2.75) is 19.4 Å². The Bertz CT molecular complexity index is 462. The Morgan fingerprint density at radius 2 is 2.06 bits per heavy atom. The van der Waals surface area contributed by atoms with E-state index in [0.29, 0.717) is 0 Å². The van der Waals surface area contributed by atoms with Gasteiger partial charge in [-0.3, -0.25) is 0 Å². The Morgan fingerprint density at radius 3 is 2.62 bits per heavy atom. The van der Waals surface area contributed by atoms with Crippen molar-refractivity contribution in [3.8, 4) is 0 Å². The first-order valence-electron chi connectivity index (χ1n) is 5.09. The van der Waals surface area contributed by atoms with Crippen LogP contribution in [0.4, 0.5) is 4.39 Å². The Hall–Kier alpha value is -1.26. The Kier molecular flexibility index (Phi) is 3.31. The summed E-state index contributed by atoms with van der Waals surface area (Å²) in [5.74, 6) is -0.209. The standard InChI is InChI=1S/C12H13FN2S/c1-8(14)11-7-16-12(15-11)6-9-2-4-10(13)5-3-9/h2-5,7-8H,6,14H2,1H3. The van der Waals surface area contributed by atoms with Crippen LogP contribution in [0.2, 0.25) is 0 Å². The molecule has 2 N–H and O–H groups in total. The molecule has 1 aromatic carbocycles. The van der Waals surface area contributed by atoms with Gasteiger partial charge in [-0.25, -0.2) is 9.37 Å². The lowest BCUT2D eigenvalue weighted by Gasteiger charge is -1.99. The molecule has 1 heterocycles. The van der Waals surface area contributed by atoms with Crippen molar-refractivity contribution in [2.24, 2.45) is 5.73 Å². The molecule has 84 valence electrons. The summed E-state index contributed by atoms with van der Waals surface area (Å²) < 4.78 is 12.7. The fourth-order valence-corrected chi connectivity index (χ4v) is 2.32. The summed E-state index contributed by atoms with van der Waals surface area (Å²) in [7, 11) is 0. The summed E-state index contributed by atoms with van der Waals surface area (Å²) in [6.07, 6.45) is 0.734. The molecule has 16 heavy (non-hydrogen) atoms. The van der Waals surface area contributed by atoms with Crippen LogP contribution in [0, 0.1) is 5.82 Å². The topological polar surface area (TPSA) is 38.9 Å². The van der Waals surface area contributed by atoms with Crippen LogP contribution in [0.3, 0.4) is 0 Å². The fraction of sp³-hybridized carbons (Fsp3) is 0.250. The number of benzene rings is 1. The summed E-state index contributed by atoms with van der Waals surface area (Å²) in [4.78, 5) is 4.43. The number of aromatic nitrogens is 1. The molecule has 0 aliphatic heterocycles. The average molecular weight is 236 g/mol. The van der Waals surface area contributed by atoms with E-state index >= 15 is 0 Å². The molecule has 0 aliphatic rings. The molecule has 1 unspecified atom stereocenters. The number of hydrogen-bond acceptors (Lipinski definition) is 3. The van der Waals surface area contributed by atoms with Gasteiger partial charge < -0.3 is 5.73 Å². The van der Waals surface area contributed by atoms with Crippen LogP contribution in [0.15, 0.2) is 29.6 Å². The lowest BCUT2D eigenvalue weighted by molar-refractivity contribution is 0.627. The van der Waals surface area contributed by atoms with Crippen molar-refractivity contribution in [1.82, 2.24) is 4.98 Å². The van der Waals surface area contributed by atoms with Crippen molar-refractivity contribution < 1.29 is 4.39 Å². The lowest BCUT2D eigenvalue weighted by Crippen LogP contribution is -2.05. The van der Waals surface area contributed by atoms with Gasteiger partial charge in [0, 0.05) is 17.8 Å². The zero-order chi connectivity index (χ0) is 11.5. The molecule has 2 aromatic rings. The number of nitrogens with zero attached hydrogens (tertiary/aromatic N) is 1. The summed E-state index contributed by atoms with van der Waals surface area (Å²) >= 11 is 1.59. The van der Waals surface area contributed by atoms with E-state index in [1.807, 2.05) is 12.3 Å². The largest absolute Gasteiger partial charge is 0.323 e. The molecule has 0 fully saturated rings. The van der Waals surface area contributed by atoms with Gasteiger partial charge in [-0.05, 0) is 24.6 Å². The number of nitrogens with two attached hydrogens (primary N) is 1. The molecule has 0 spiro atoms. The van der Waals surface area contributed by atoms with Gasteiger partial charge in [0.05, 0.1) is 10.7 Å². The van der Waals surface area contributed by atoms with Gasteiger partial charge in [0.1, 0.15) is 5.82 Å². The minimum atomic E-state index is -0.209. The highest BCUT2D eigenvalue weighted by Gasteiger charge is 2.06. The summed E-state index contributed by atoms with van der Waals surface area (Å²) in [5.41, 5.74) is 7.72. The van der Waals surface area contributed by atoms with Gasteiger partial charge in [-0.1, -0.05) is 12.1 Å². The maximum atomic E-state index is 12.7. The molecule has 2 nitrogen and oxygen atoms in total. The quantitative estimate of drug-likeness (QED) is 0.890. The number of rotatable bonds is 3. The van der Waals surface area contributed by atoms with E-state index in [0.717, 1.165) is 22.7 Å². The van der Waals surface area contributed by atoms with Gasteiger partial charge in [-0.15, -0.1) is 11.3 Å². The molecule has 2 rings (SSSR count). The molecule has 0 aliphatic carbocycles. The van der Waals surface area contributed by atoms with Crippen LogP contribution in [0.1, 0.15) is 29.2 Å². The first-order chi connectivity index (χ1) is 7.65. The van der Waals surface area contributed by atoms with Crippen molar-refractivity contribution in [3.63, 3.8) is 0 Å². The number of halogens is 1. The zero-order valence-corrected chi connectivity index (χ0v) is 9.80. The van der Waals surface area contributed by atoms with Crippen molar-refractivity contribution in [1.29, 1.82) is 0 Å². The van der Waals surface area contributed by atoms with E-state index < -0.39 is 0 Å². The fourth-order valence-electron chi connectivity index (χ4n) is 1.39. The minimum Gasteiger partial charge on any atom is -0.323 e. The number of thiazole rings is 1. The molecule has 1 aromatic heterocycles. The molecule has 0 saturated carbocycles. The van der Waals surface area contributed by atoms with E-state index in [2.05, 4.69) is 4.98 Å². The predicted octanol–water partition coefficient (Wildman–Crippen LogP) is 2.89. The van der Waals surface area contributed by atoms with E-state index in [1.165, 1.54) is 12.1 Å². The maximum Gasteiger partial charge on any atom is 0.123 e. The highest BCUT2D eigenvalue weighted by molar-refractivity contribution is 7.09. The second-order valence-electron chi connectivity index (χ2n) is 3.76. The highest BCUT2D eigenvalue weighted by atomic mass is 32.1. The smallest absolute Gasteiger partial charge is 0.123 e. The molecule has 0 bridgehead atoms. The Balaban J connectivity index is 2.11. The Labute approximate surface area is 97.9 Å². The summed E-state index contributed by atoms with van der Waals surface area (Å²) in [5, 5.41) is 2.99. The third-order valence-corrected chi connectivity index (χ3v) is 3.17. The van der Waals surface area contributed by atoms with E-state index in [9.17, 15) is 4.39 Å². The molecule has 0 radical (unpaired) electrons. The second kappa shape index (κ2) is 4.72. The van der Waals surface area contributed by atoms with Crippen LogP contribution in [-0.2, 0) is 6.42 Å². The van der Waals surface area contributed by atoms with Crippen LogP contribution in [-0.4, -0.2) is 4.98 Å². The molecule has 0 amide bonds. The third kappa shape index (κ3) is 2.65. The molecule has 0 saturated heterocycles. The summed E-state index contributed by atoms with van der Waals surface area (Å²) in [6.45, 7) is 1.91. The minimum absolute atomic E-state index is 0.0294. The first-order valence-corrected chi connectivity index (χ1v) is 5.97. The monoisotopic (exact) mass is 236 g/mol. The molecular weight excluding hydrogens is 223 g/mol. The van der Waals surface area contributed by atoms with Crippen molar-refractivity contribution in [3.05, 3.63) is 51.7 Å². The third-order valence-electron chi connectivity index (χ3n) is 2.30. The summed E-state index contributed by atoms with van der Waals surface area (Å²) in [6, 6.07) is 6.47. The van der Waals surface area contributed by atoms with Gasteiger partial charge in [0.2, 0.25) is 0 Å². The van der Waals surface area contributed by atoms with Gasteiger partial charge in [0.25, 0.3) is 0 Å².